The number of carboxylic acid groups (broad SMARTS) is 1. The van der Waals surface area contributed by atoms with Crippen LogP contribution in [-0.2, 0) is 4.79 Å². The Labute approximate surface area is 83.2 Å². The van der Waals surface area contributed by atoms with Crippen molar-refractivity contribution in [2.75, 3.05) is 0 Å². The molecule has 0 aromatic heterocycles. The van der Waals surface area contributed by atoms with Crippen molar-refractivity contribution in [3.05, 3.63) is 0 Å². The normalized spacial score (nSPS) is 15.1. The third-order valence-corrected chi connectivity index (χ3v) is 1.12. The topological polar surface area (TPSA) is 83.5 Å². The summed E-state index contributed by atoms with van der Waals surface area (Å²) in [5.41, 5.74) is 5.02. The van der Waals surface area contributed by atoms with E-state index in [2.05, 4.69) is 0 Å². The number of rotatable bonds is 3. The van der Waals surface area contributed by atoms with Gasteiger partial charge in [0, 0.05) is 0 Å². The standard InChI is InChI=1S/C5H11NO3.Na.H/c1-2-3(7)4(6)5(8)9;;/h3-4,7H,2,6H2,1H3,(H,8,9);;/q;+1;-1. The SMILES string of the molecule is CCC(O)C(N)C(=O)O.[H-].[Na+]. The maximum Gasteiger partial charge on any atom is 1.00 e. The van der Waals surface area contributed by atoms with E-state index in [9.17, 15) is 4.79 Å². The van der Waals surface area contributed by atoms with Gasteiger partial charge in [-0.3, -0.25) is 4.79 Å². The Hall–Kier alpha value is 0.390. The molecule has 0 saturated heterocycles. The first kappa shape index (κ1) is 13.0. The average molecular weight is 157 g/mol. The molecule has 0 rings (SSSR count). The molecule has 0 radical (unpaired) electrons. The molecular weight excluding hydrogens is 145 g/mol. The quantitative estimate of drug-likeness (QED) is 0.368. The van der Waals surface area contributed by atoms with E-state index in [4.69, 9.17) is 15.9 Å². The molecule has 0 aromatic rings. The molecule has 0 heterocycles. The van der Waals surface area contributed by atoms with Crippen LogP contribution in [0.4, 0.5) is 0 Å². The van der Waals surface area contributed by atoms with E-state index in [1.165, 1.54) is 0 Å². The van der Waals surface area contributed by atoms with Gasteiger partial charge in [-0.25, -0.2) is 0 Å². The molecule has 0 bridgehead atoms. The Balaban J connectivity index is -0.000000320. The summed E-state index contributed by atoms with van der Waals surface area (Å²) in [6, 6.07) is -1.14. The molecule has 2 unspecified atom stereocenters. The van der Waals surface area contributed by atoms with Crippen LogP contribution in [-0.4, -0.2) is 28.3 Å². The Kier molecular flexibility index (Phi) is 7.97. The van der Waals surface area contributed by atoms with Gasteiger partial charge in [0.1, 0.15) is 6.04 Å². The first-order valence-electron chi connectivity index (χ1n) is 2.76. The van der Waals surface area contributed by atoms with Crippen molar-refractivity contribution in [1.82, 2.24) is 0 Å². The fourth-order valence-corrected chi connectivity index (χ4v) is 0.419. The van der Waals surface area contributed by atoms with E-state index in [1.807, 2.05) is 0 Å². The van der Waals surface area contributed by atoms with Crippen LogP contribution < -0.4 is 35.3 Å². The summed E-state index contributed by atoms with van der Waals surface area (Å²) < 4.78 is 0. The Morgan fingerprint density at radius 3 is 2.30 bits per heavy atom. The number of carbonyl (C=O) groups is 1. The fraction of sp³-hybridized carbons (Fsp3) is 0.800. The van der Waals surface area contributed by atoms with Crippen molar-refractivity contribution in [1.29, 1.82) is 0 Å². The van der Waals surface area contributed by atoms with E-state index in [1.54, 1.807) is 6.92 Å². The van der Waals surface area contributed by atoms with Gasteiger partial charge in [-0.15, -0.1) is 0 Å². The summed E-state index contributed by atoms with van der Waals surface area (Å²) >= 11 is 0. The molecule has 4 nitrogen and oxygen atoms in total. The monoisotopic (exact) mass is 157 g/mol. The van der Waals surface area contributed by atoms with Crippen molar-refractivity contribution in [3.63, 3.8) is 0 Å². The second-order valence-corrected chi connectivity index (χ2v) is 1.84. The first-order chi connectivity index (χ1) is 4.09. The van der Waals surface area contributed by atoms with Gasteiger partial charge in [-0.05, 0) is 6.42 Å². The number of aliphatic carboxylic acids is 1. The van der Waals surface area contributed by atoms with Crippen LogP contribution in [0, 0.1) is 0 Å². The van der Waals surface area contributed by atoms with Gasteiger partial charge in [0.05, 0.1) is 6.10 Å². The Bertz CT molecular complexity index is 114. The first-order valence-corrected chi connectivity index (χ1v) is 2.76. The molecule has 4 N–H and O–H groups in total. The molecule has 0 fully saturated rings. The van der Waals surface area contributed by atoms with Crippen LogP contribution >= 0.6 is 0 Å². The van der Waals surface area contributed by atoms with Gasteiger partial charge in [0.25, 0.3) is 0 Å². The van der Waals surface area contributed by atoms with Crippen LogP contribution in [0.5, 0.6) is 0 Å². The molecular formula is C5H12NNaO3. The summed E-state index contributed by atoms with van der Waals surface area (Å²) in [4.78, 5) is 10.0. The van der Waals surface area contributed by atoms with Crippen molar-refractivity contribution in [2.24, 2.45) is 5.73 Å². The predicted molar refractivity (Wildman–Crippen MR) is 33.0 cm³/mol. The molecule has 0 aliphatic carbocycles. The Morgan fingerprint density at radius 1 is 1.80 bits per heavy atom. The van der Waals surface area contributed by atoms with Crippen LogP contribution in [0.25, 0.3) is 0 Å². The van der Waals surface area contributed by atoms with Crippen molar-refractivity contribution >= 4 is 5.97 Å². The largest absolute Gasteiger partial charge is 1.00 e. The zero-order valence-electron chi connectivity index (χ0n) is 7.24. The van der Waals surface area contributed by atoms with Gasteiger partial charge < -0.3 is 17.4 Å². The van der Waals surface area contributed by atoms with Gasteiger partial charge in [0.15, 0.2) is 0 Å². The smallest absolute Gasteiger partial charge is 1.00 e. The maximum absolute atomic E-state index is 10.0. The molecule has 0 spiro atoms. The zero-order chi connectivity index (χ0) is 7.44. The number of aliphatic hydroxyl groups excluding tert-OH is 1. The Morgan fingerprint density at radius 2 is 2.20 bits per heavy atom. The van der Waals surface area contributed by atoms with Gasteiger partial charge in [-0.2, -0.15) is 0 Å². The fourth-order valence-electron chi connectivity index (χ4n) is 0.419. The number of aliphatic hydroxyl groups is 1. The van der Waals surface area contributed by atoms with E-state index in [-0.39, 0.29) is 31.0 Å². The van der Waals surface area contributed by atoms with Crippen molar-refractivity contribution < 1.29 is 46.0 Å². The van der Waals surface area contributed by atoms with E-state index in [0.29, 0.717) is 6.42 Å². The summed E-state index contributed by atoms with van der Waals surface area (Å²) in [6.45, 7) is 1.67. The second kappa shape index (κ2) is 6.12. The van der Waals surface area contributed by atoms with Crippen LogP contribution in [0.1, 0.15) is 14.8 Å². The molecule has 0 aromatic carbocycles. The summed E-state index contributed by atoms with van der Waals surface area (Å²) in [5, 5.41) is 17.0. The predicted octanol–water partition coefficient (Wildman–Crippen LogP) is -3.71. The number of nitrogens with two attached hydrogens (primary N) is 1. The number of hydrogen-bond donors (Lipinski definition) is 3. The van der Waals surface area contributed by atoms with Crippen molar-refractivity contribution in [3.8, 4) is 0 Å². The summed E-state index contributed by atoms with van der Waals surface area (Å²) in [5.74, 6) is -1.16. The third-order valence-electron chi connectivity index (χ3n) is 1.12. The second-order valence-electron chi connectivity index (χ2n) is 1.84. The van der Waals surface area contributed by atoms with Crippen molar-refractivity contribution in [2.45, 2.75) is 25.5 Å². The summed E-state index contributed by atoms with van der Waals surface area (Å²) in [6.07, 6.45) is -0.560. The van der Waals surface area contributed by atoms with E-state index in [0.717, 1.165) is 0 Å². The molecule has 0 saturated carbocycles. The minimum Gasteiger partial charge on any atom is -1.00 e. The molecule has 5 heteroatoms. The molecule has 0 aliphatic rings. The van der Waals surface area contributed by atoms with Crippen LogP contribution in [0.3, 0.4) is 0 Å². The van der Waals surface area contributed by atoms with E-state index >= 15 is 0 Å². The zero-order valence-corrected chi connectivity index (χ0v) is 8.24. The minimum atomic E-state index is -1.16. The van der Waals surface area contributed by atoms with Crippen LogP contribution in [0.2, 0.25) is 0 Å². The number of hydrogen-bond acceptors (Lipinski definition) is 3. The number of carboxylic acids is 1. The van der Waals surface area contributed by atoms with Gasteiger partial charge in [0.2, 0.25) is 0 Å². The maximum atomic E-state index is 10.0. The molecule has 10 heavy (non-hydrogen) atoms. The summed E-state index contributed by atoms with van der Waals surface area (Å²) in [7, 11) is 0. The molecule has 2 atom stereocenters. The third kappa shape index (κ3) is 4.24. The van der Waals surface area contributed by atoms with E-state index < -0.39 is 18.1 Å². The molecule has 56 valence electrons. The van der Waals surface area contributed by atoms with Crippen LogP contribution in [0.15, 0.2) is 0 Å². The average Bonchev–Trinajstić information content (AvgIpc) is 1.84. The van der Waals surface area contributed by atoms with Gasteiger partial charge >= 0.3 is 35.5 Å². The molecule has 0 aliphatic heterocycles. The molecule has 0 amide bonds. The minimum absolute atomic E-state index is 0. The van der Waals surface area contributed by atoms with Gasteiger partial charge in [-0.1, -0.05) is 6.92 Å².